The SMILES string of the molecule is O=C(COc1ccc(Cl)cc1)N1CCSC(c2ccccc2Cl)CC1. The number of hydrogen-bond donors (Lipinski definition) is 0. The van der Waals surface area contributed by atoms with Crippen LogP contribution in [0, 0.1) is 0 Å². The van der Waals surface area contributed by atoms with E-state index in [0.717, 1.165) is 29.3 Å². The molecule has 2 aromatic carbocycles. The highest BCUT2D eigenvalue weighted by Gasteiger charge is 2.23. The minimum atomic E-state index is 0.00959. The van der Waals surface area contributed by atoms with Gasteiger partial charge >= 0.3 is 0 Å². The Morgan fingerprint density at radius 1 is 1.12 bits per heavy atom. The number of carbonyl (C=O) groups is 1. The zero-order valence-corrected chi connectivity index (χ0v) is 16.0. The molecule has 1 unspecified atom stereocenters. The van der Waals surface area contributed by atoms with Crippen LogP contribution in [0.4, 0.5) is 0 Å². The third-order valence-corrected chi connectivity index (χ3v) is 6.03. The number of ether oxygens (including phenoxy) is 1. The normalized spacial score (nSPS) is 17.8. The van der Waals surface area contributed by atoms with Gasteiger partial charge in [0.2, 0.25) is 0 Å². The smallest absolute Gasteiger partial charge is 0.260 e. The van der Waals surface area contributed by atoms with E-state index in [1.54, 1.807) is 24.3 Å². The van der Waals surface area contributed by atoms with Crippen molar-refractivity contribution in [3.63, 3.8) is 0 Å². The molecule has 1 aliphatic rings. The molecule has 1 fully saturated rings. The van der Waals surface area contributed by atoms with E-state index in [1.807, 2.05) is 34.9 Å². The molecular weight excluding hydrogens is 377 g/mol. The molecule has 132 valence electrons. The van der Waals surface area contributed by atoms with E-state index >= 15 is 0 Å². The van der Waals surface area contributed by atoms with Crippen LogP contribution in [0.25, 0.3) is 0 Å². The van der Waals surface area contributed by atoms with Gasteiger partial charge in [-0.3, -0.25) is 4.79 Å². The molecule has 0 spiro atoms. The number of hydrogen-bond acceptors (Lipinski definition) is 3. The average Bonchev–Trinajstić information content (AvgIpc) is 2.87. The molecule has 1 amide bonds. The van der Waals surface area contributed by atoms with Gasteiger partial charge in [-0.15, -0.1) is 0 Å². The molecule has 25 heavy (non-hydrogen) atoms. The molecule has 1 atom stereocenters. The summed E-state index contributed by atoms with van der Waals surface area (Å²) in [6.07, 6.45) is 0.890. The quantitative estimate of drug-likeness (QED) is 0.722. The summed E-state index contributed by atoms with van der Waals surface area (Å²) in [5.74, 6) is 1.55. The monoisotopic (exact) mass is 395 g/mol. The second-order valence-corrected chi connectivity index (χ2v) is 7.95. The van der Waals surface area contributed by atoms with Crippen molar-refractivity contribution >= 4 is 40.9 Å². The van der Waals surface area contributed by atoms with Crippen LogP contribution in [0.2, 0.25) is 10.0 Å². The van der Waals surface area contributed by atoms with Crippen LogP contribution < -0.4 is 4.74 Å². The topological polar surface area (TPSA) is 29.5 Å². The van der Waals surface area contributed by atoms with Crippen LogP contribution >= 0.6 is 35.0 Å². The van der Waals surface area contributed by atoms with E-state index in [1.165, 1.54) is 0 Å². The fraction of sp³-hybridized carbons (Fsp3) is 0.316. The van der Waals surface area contributed by atoms with Crippen LogP contribution in [0.3, 0.4) is 0 Å². The lowest BCUT2D eigenvalue weighted by molar-refractivity contribution is -0.133. The number of rotatable bonds is 4. The second kappa shape index (κ2) is 8.84. The highest BCUT2D eigenvalue weighted by atomic mass is 35.5. The molecule has 6 heteroatoms. The number of amides is 1. The predicted octanol–water partition coefficient (Wildman–Crippen LogP) is 5.08. The molecule has 1 heterocycles. The van der Waals surface area contributed by atoms with Crippen molar-refractivity contribution in [2.24, 2.45) is 0 Å². The largest absolute Gasteiger partial charge is 0.484 e. The van der Waals surface area contributed by atoms with Gasteiger partial charge in [-0.25, -0.2) is 0 Å². The van der Waals surface area contributed by atoms with Gasteiger partial charge in [0.05, 0.1) is 0 Å². The van der Waals surface area contributed by atoms with Gasteiger partial charge in [0.15, 0.2) is 6.61 Å². The molecule has 0 saturated carbocycles. The summed E-state index contributed by atoms with van der Waals surface area (Å²) in [6.45, 7) is 1.49. The molecule has 0 radical (unpaired) electrons. The first-order chi connectivity index (χ1) is 12.1. The van der Waals surface area contributed by atoms with Crippen molar-refractivity contribution < 1.29 is 9.53 Å². The number of carbonyl (C=O) groups excluding carboxylic acids is 1. The molecule has 1 saturated heterocycles. The fourth-order valence-corrected chi connectivity index (χ4v) is 4.50. The van der Waals surface area contributed by atoms with E-state index < -0.39 is 0 Å². The number of halogens is 2. The zero-order valence-electron chi connectivity index (χ0n) is 13.7. The van der Waals surface area contributed by atoms with Crippen molar-refractivity contribution in [2.75, 3.05) is 25.4 Å². The van der Waals surface area contributed by atoms with Gasteiger partial charge in [0.1, 0.15) is 5.75 Å². The third kappa shape index (κ3) is 5.06. The lowest BCUT2D eigenvalue weighted by Gasteiger charge is -2.20. The molecule has 3 nitrogen and oxygen atoms in total. The summed E-state index contributed by atoms with van der Waals surface area (Å²) in [5.41, 5.74) is 1.15. The van der Waals surface area contributed by atoms with Crippen molar-refractivity contribution in [3.8, 4) is 5.75 Å². The fourth-order valence-electron chi connectivity index (χ4n) is 2.77. The third-order valence-electron chi connectivity index (χ3n) is 4.12. The molecular formula is C19H19Cl2NO2S. The lowest BCUT2D eigenvalue weighted by Crippen LogP contribution is -2.36. The Morgan fingerprint density at radius 2 is 1.88 bits per heavy atom. The van der Waals surface area contributed by atoms with Crippen LogP contribution in [-0.2, 0) is 4.79 Å². The Labute approximate surface area is 162 Å². The maximum Gasteiger partial charge on any atom is 0.260 e. The highest BCUT2D eigenvalue weighted by Crippen LogP contribution is 2.37. The average molecular weight is 396 g/mol. The molecule has 2 aromatic rings. The maximum absolute atomic E-state index is 12.4. The number of thioether (sulfide) groups is 1. The van der Waals surface area contributed by atoms with Crippen LogP contribution in [0.1, 0.15) is 17.2 Å². The predicted molar refractivity (Wildman–Crippen MR) is 105 cm³/mol. The van der Waals surface area contributed by atoms with Gasteiger partial charge < -0.3 is 9.64 Å². The molecule has 3 rings (SSSR count). The summed E-state index contributed by atoms with van der Waals surface area (Å²) in [7, 11) is 0. The van der Waals surface area contributed by atoms with Crippen molar-refractivity contribution in [2.45, 2.75) is 11.7 Å². The lowest BCUT2D eigenvalue weighted by atomic mass is 10.1. The first-order valence-electron chi connectivity index (χ1n) is 8.15. The first-order valence-corrected chi connectivity index (χ1v) is 9.96. The Hall–Kier alpha value is -1.36. The standard InChI is InChI=1S/C19H19Cl2NO2S/c20-14-5-7-15(8-6-14)24-13-19(23)22-10-9-18(25-12-11-22)16-3-1-2-4-17(16)21/h1-8,18H,9-13H2. The Balaban J connectivity index is 1.54. The van der Waals surface area contributed by atoms with Crippen LogP contribution in [0.5, 0.6) is 5.75 Å². The summed E-state index contributed by atoms with van der Waals surface area (Å²) >= 11 is 14.0. The summed E-state index contributed by atoms with van der Waals surface area (Å²) in [6, 6.07) is 15.0. The first kappa shape index (κ1) is 18.4. The molecule has 0 aromatic heterocycles. The van der Waals surface area contributed by atoms with Crippen molar-refractivity contribution in [3.05, 3.63) is 64.1 Å². The molecule has 0 aliphatic carbocycles. The summed E-state index contributed by atoms with van der Waals surface area (Å²) < 4.78 is 5.57. The van der Waals surface area contributed by atoms with Gasteiger partial charge in [0.25, 0.3) is 5.91 Å². The Bertz CT molecular complexity index is 724. The van der Waals surface area contributed by atoms with Gasteiger partial charge in [-0.2, -0.15) is 11.8 Å². The zero-order chi connectivity index (χ0) is 17.6. The van der Waals surface area contributed by atoms with E-state index in [4.69, 9.17) is 27.9 Å². The van der Waals surface area contributed by atoms with Crippen LogP contribution in [-0.4, -0.2) is 36.3 Å². The van der Waals surface area contributed by atoms with E-state index in [2.05, 4.69) is 6.07 Å². The molecule has 0 N–H and O–H groups in total. The molecule has 1 aliphatic heterocycles. The van der Waals surface area contributed by atoms with Crippen molar-refractivity contribution in [1.29, 1.82) is 0 Å². The maximum atomic E-state index is 12.4. The van der Waals surface area contributed by atoms with Gasteiger partial charge in [0, 0.05) is 34.1 Å². The van der Waals surface area contributed by atoms with E-state index in [9.17, 15) is 4.79 Å². The van der Waals surface area contributed by atoms with Crippen molar-refractivity contribution in [1.82, 2.24) is 4.90 Å². The Morgan fingerprint density at radius 3 is 2.64 bits per heavy atom. The highest BCUT2D eigenvalue weighted by molar-refractivity contribution is 7.99. The van der Waals surface area contributed by atoms with Crippen LogP contribution in [0.15, 0.2) is 48.5 Å². The second-order valence-electron chi connectivity index (χ2n) is 5.79. The number of nitrogens with zero attached hydrogens (tertiary/aromatic N) is 1. The number of benzene rings is 2. The minimum absolute atomic E-state index is 0.00959. The minimum Gasteiger partial charge on any atom is -0.484 e. The summed E-state index contributed by atoms with van der Waals surface area (Å²) in [4.78, 5) is 14.3. The Kier molecular flexibility index (Phi) is 6.51. The van der Waals surface area contributed by atoms with Gasteiger partial charge in [-0.1, -0.05) is 41.4 Å². The summed E-state index contributed by atoms with van der Waals surface area (Å²) in [5, 5.41) is 1.77. The van der Waals surface area contributed by atoms with E-state index in [0.29, 0.717) is 22.6 Å². The van der Waals surface area contributed by atoms with Gasteiger partial charge in [-0.05, 0) is 42.3 Å². The molecule has 0 bridgehead atoms. The van der Waals surface area contributed by atoms with E-state index in [-0.39, 0.29) is 12.5 Å².